The summed E-state index contributed by atoms with van der Waals surface area (Å²) in [4.78, 5) is 0. The van der Waals surface area contributed by atoms with Crippen molar-refractivity contribution >= 4 is 23.2 Å². The summed E-state index contributed by atoms with van der Waals surface area (Å²) in [6, 6.07) is 15.6. The van der Waals surface area contributed by atoms with E-state index in [4.69, 9.17) is 28.9 Å². The third kappa shape index (κ3) is 2.54. The van der Waals surface area contributed by atoms with Crippen molar-refractivity contribution in [3.05, 3.63) is 69.7 Å². The van der Waals surface area contributed by atoms with Gasteiger partial charge in [0.25, 0.3) is 0 Å². The fourth-order valence-electron chi connectivity index (χ4n) is 2.04. The van der Waals surface area contributed by atoms with Gasteiger partial charge in [0.2, 0.25) is 0 Å². The Morgan fingerprint density at radius 1 is 0.833 bits per heavy atom. The van der Waals surface area contributed by atoms with Gasteiger partial charge in [-0.3, -0.25) is 0 Å². The van der Waals surface area contributed by atoms with Crippen molar-refractivity contribution in [3.63, 3.8) is 0 Å². The van der Waals surface area contributed by atoms with Crippen LogP contribution in [0.3, 0.4) is 0 Å². The first-order chi connectivity index (χ1) is 8.56. The van der Waals surface area contributed by atoms with Gasteiger partial charge < -0.3 is 5.73 Å². The zero-order chi connectivity index (χ0) is 13.2. The maximum absolute atomic E-state index is 5.98. The molecule has 0 saturated carbocycles. The van der Waals surface area contributed by atoms with Gasteiger partial charge in [-0.15, -0.1) is 0 Å². The van der Waals surface area contributed by atoms with Gasteiger partial charge in [-0.1, -0.05) is 54.4 Å². The molecule has 0 aliphatic heterocycles. The maximum Gasteiger partial charge on any atom is 0.0406 e. The average Bonchev–Trinajstić information content (AvgIpc) is 2.39. The van der Waals surface area contributed by atoms with E-state index in [2.05, 4.69) is 6.92 Å². The molecule has 2 N–H and O–H groups in total. The van der Waals surface area contributed by atoms with Crippen LogP contribution in [-0.4, -0.2) is 6.54 Å². The summed E-state index contributed by atoms with van der Waals surface area (Å²) in [6.45, 7) is 2.65. The van der Waals surface area contributed by atoms with Gasteiger partial charge in [-0.05, 0) is 35.4 Å². The van der Waals surface area contributed by atoms with Crippen LogP contribution in [0.4, 0.5) is 0 Å². The number of nitrogens with two attached hydrogens (primary N) is 1. The minimum absolute atomic E-state index is 0.227. The molecule has 94 valence electrons. The highest BCUT2D eigenvalue weighted by molar-refractivity contribution is 6.30. The smallest absolute Gasteiger partial charge is 0.0406 e. The van der Waals surface area contributed by atoms with E-state index in [0.29, 0.717) is 6.54 Å². The van der Waals surface area contributed by atoms with E-state index < -0.39 is 0 Å². The van der Waals surface area contributed by atoms with Crippen molar-refractivity contribution in [3.8, 4) is 0 Å². The lowest BCUT2D eigenvalue weighted by Gasteiger charge is -2.29. The lowest BCUT2D eigenvalue weighted by molar-refractivity contribution is 0.584. The second kappa shape index (κ2) is 5.31. The lowest BCUT2D eigenvalue weighted by atomic mass is 9.76. The molecule has 0 aliphatic carbocycles. The summed E-state index contributed by atoms with van der Waals surface area (Å²) in [7, 11) is 0. The summed E-state index contributed by atoms with van der Waals surface area (Å²) < 4.78 is 0. The Morgan fingerprint density at radius 2 is 1.17 bits per heavy atom. The van der Waals surface area contributed by atoms with Gasteiger partial charge >= 0.3 is 0 Å². The van der Waals surface area contributed by atoms with Gasteiger partial charge in [0.15, 0.2) is 0 Å². The van der Waals surface area contributed by atoms with E-state index in [9.17, 15) is 0 Å². The summed E-state index contributed by atoms with van der Waals surface area (Å²) in [5.41, 5.74) is 8.05. The number of hydrogen-bond acceptors (Lipinski definition) is 1. The molecule has 0 radical (unpaired) electrons. The topological polar surface area (TPSA) is 26.0 Å². The normalized spacial score (nSPS) is 11.6. The molecule has 0 atom stereocenters. The minimum atomic E-state index is -0.227. The fourth-order valence-corrected chi connectivity index (χ4v) is 2.29. The first-order valence-electron chi connectivity index (χ1n) is 5.78. The standard InChI is InChI=1S/C15H15Cl2N/c1-15(10-18,11-2-6-13(16)7-3-11)12-4-8-14(17)9-5-12/h2-9H,10,18H2,1H3. The predicted molar refractivity (Wildman–Crippen MR) is 78.4 cm³/mol. The number of hydrogen-bond donors (Lipinski definition) is 1. The van der Waals surface area contributed by atoms with Crippen molar-refractivity contribution in [2.24, 2.45) is 5.73 Å². The quantitative estimate of drug-likeness (QED) is 0.893. The van der Waals surface area contributed by atoms with Gasteiger partial charge in [-0.2, -0.15) is 0 Å². The number of rotatable bonds is 3. The van der Waals surface area contributed by atoms with Crippen LogP contribution in [0.15, 0.2) is 48.5 Å². The van der Waals surface area contributed by atoms with Crippen LogP contribution >= 0.6 is 23.2 Å². The predicted octanol–water partition coefficient (Wildman–Crippen LogP) is 4.26. The summed E-state index contributed by atoms with van der Waals surface area (Å²) >= 11 is 11.8. The second-order valence-corrected chi connectivity index (χ2v) is 5.42. The van der Waals surface area contributed by atoms with Crippen LogP contribution in [0.1, 0.15) is 18.1 Å². The van der Waals surface area contributed by atoms with Crippen LogP contribution in [0.25, 0.3) is 0 Å². The molecule has 2 aromatic rings. The van der Waals surface area contributed by atoms with Crippen LogP contribution in [0.2, 0.25) is 10.0 Å². The Balaban J connectivity index is 2.47. The molecular weight excluding hydrogens is 265 g/mol. The average molecular weight is 280 g/mol. The molecule has 0 heterocycles. The van der Waals surface area contributed by atoms with E-state index in [0.717, 1.165) is 21.2 Å². The fraction of sp³-hybridized carbons (Fsp3) is 0.200. The lowest BCUT2D eigenvalue weighted by Crippen LogP contribution is -2.33. The monoisotopic (exact) mass is 279 g/mol. The SMILES string of the molecule is CC(CN)(c1ccc(Cl)cc1)c1ccc(Cl)cc1. The molecule has 0 aromatic heterocycles. The van der Waals surface area contributed by atoms with Gasteiger partial charge in [-0.25, -0.2) is 0 Å². The Kier molecular flexibility index (Phi) is 3.96. The molecule has 0 fully saturated rings. The van der Waals surface area contributed by atoms with Gasteiger partial charge in [0, 0.05) is 22.0 Å². The molecule has 18 heavy (non-hydrogen) atoms. The zero-order valence-electron chi connectivity index (χ0n) is 10.2. The third-order valence-electron chi connectivity index (χ3n) is 3.37. The number of benzene rings is 2. The van der Waals surface area contributed by atoms with Crippen LogP contribution in [0.5, 0.6) is 0 Å². The molecule has 0 saturated heterocycles. The highest BCUT2D eigenvalue weighted by Gasteiger charge is 2.27. The van der Waals surface area contributed by atoms with Crippen molar-refractivity contribution in [1.29, 1.82) is 0 Å². The van der Waals surface area contributed by atoms with Crippen LogP contribution in [-0.2, 0) is 5.41 Å². The van der Waals surface area contributed by atoms with E-state index in [1.165, 1.54) is 0 Å². The van der Waals surface area contributed by atoms with Gasteiger partial charge in [0.05, 0.1) is 0 Å². The molecule has 2 aromatic carbocycles. The van der Waals surface area contributed by atoms with Crippen LogP contribution in [0, 0.1) is 0 Å². The Labute approximate surface area is 118 Å². The summed E-state index contributed by atoms with van der Waals surface area (Å²) in [5, 5.41) is 1.46. The highest BCUT2D eigenvalue weighted by Crippen LogP contribution is 2.32. The molecule has 3 heteroatoms. The zero-order valence-corrected chi connectivity index (χ0v) is 11.7. The summed E-state index contributed by atoms with van der Waals surface area (Å²) in [6.07, 6.45) is 0. The van der Waals surface area contributed by atoms with Crippen LogP contribution < -0.4 is 5.73 Å². The molecule has 0 unspecified atom stereocenters. The second-order valence-electron chi connectivity index (χ2n) is 4.55. The minimum Gasteiger partial charge on any atom is -0.329 e. The van der Waals surface area contributed by atoms with Crippen molar-refractivity contribution in [2.45, 2.75) is 12.3 Å². The molecule has 0 aliphatic rings. The molecule has 2 rings (SSSR count). The van der Waals surface area contributed by atoms with Gasteiger partial charge in [0.1, 0.15) is 0 Å². The van der Waals surface area contributed by atoms with E-state index in [1.54, 1.807) is 0 Å². The van der Waals surface area contributed by atoms with E-state index >= 15 is 0 Å². The molecule has 0 spiro atoms. The maximum atomic E-state index is 5.98. The molecular formula is C15H15Cl2N. The number of halogens is 2. The molecule has 1 nitrogen and oxygen atoms in total. The first-order valence-corrected chi connectivity index (χ1v) is 6.54. The molecule has 0 bridgehead atoms. The van der Waals surface area contributed by atoms with E-state index in [-0.39, 0.29) is 5.41 Å². The first kappa shape index (κ1) is 13.4. The summed E-state index contributed by atoms with van der Waals surface area (Å²) in [5.74, 6) is 0. The van der Waals surface area contributed by atoms with Crippen molar-refractivity contribution < 1.29 is 0 Å². The van der Waals surface area contributed by atoms with Crippen molar-refractivity contribution in [1.82, 2.24) is 0 Å². The van der Waals surface area contributed by atoms with E-state index in [1.807, 2.05) is 48.5 Å². The third-order valence-corrected chi connectivity index (χ3v) is 3.87. The largest absolute Gasteiger partial charge is 0.329 e. The Bertz CT molecular complexity index is 472. The molecule has 0 amide bonds. The van der Waals surface area contributed by atoms with Crippen molar-refractivity contribution in [2.75, 3.05) is 6.54 Å². The Hall–Kier alpha value is -1.02. The highest BCUT2D eigenvalue weighted by atomic mass is 35.5. The Morgan fingerprint density at radius 3 is 1.44 bits per heavy atom.